The summed E-state index contributed by atoms with van der Waals surface area (Å²) in [5.74, 6) is -1.10. The Bertz CT molecular complexity index is 1030. The number of piperidine rings is 1. The monoisotopic (exact) mass is 381 g/mol. The van der Waals surface area contributed by atoms with E-state index in [1.54, 1.807) is 0 Å². The van der Waals surface area contributed by atoms with Crippen molar-refractivity contribution in [2.24, 2.45) is 17.6 Å². The molecule has 28 heavy (non-hydrogen) atoms. The fraction of sp³-hybridized carbons (Fsp3) is 0.429. The van der Waals surface area contributed by atoms with Gasteiger partial charge >= 0.3 is 5.97 Å². The molecule has 7 nitrogen and oxygen atoms in total. The lowest BCUT2D eigenvalue weighted by Crippen LogP contribution is -2.46. The molecule has 1 aromatic heterocycles. The maximum Gasteiger partial charge on any atom is 0.345 e. The van der Waals surface area contributed by atoms with Gasteiger partial charge in [-0.15, -0.1) is 0 Å². The van der Waals surface area contributed by atoms with Gasteiger partial charge in [-0.3, -0.25) is 4.79 Å². The van der Waals surface area contributed by atoms with Gasteiger partial charge < -0.3 is 21.0 Å². The van der Waals surface area contributed by atoms with E-state index >= 15 is 0 Å². The number of fused-ring (bicyclic) bond motifs is 4. The molecule has 0 radical (unpaired) electrons. The van der Waals surface area contributed by atoms with E-state index in [1.807, 2.05) is 29.3 Å². The number of carboxylic acid groups (broad SMARTS) is 1. The summed E-state index contributed by atoms with van der Waals surface area (Å²) in [6.45, 7) is 1.26. The highest BCUT2D eigenvalue weighted by molar-refractivity contribution is 5.92. The van der Waals surface area contributed by atoms with Crippen LogP contribution in [-0.2, 0) is 12.8 Å². The second-order valence-electron chi connectivity index (χ2n) is 8.11. The lowest BCUT2D eigenvalue weighted by Gasteiger charge is -2.30. The normalized spacial score (nSPS) is 25.3. The average molecular weight is 381 g/mol. The highest BCUT2D eigenvalue weighted by Gasteiger charge is 2.54. The molecule has 2 fully saturated rings. The lowest BCUT2D eigenvalue weighted by molar-refractivity contribution is 0.0690. The fourth-order valence-corrected chi connectivity index (χ4v) is 4.98. The first kappa shape index (κ1) is 17.3. The molecule has 3 aliphatic rings. The van der Waals surface area contributed by atoms with Crippen LogP contribution in [0.25, 0.3) is 11.3 Å². The molecule has 1 unspecified atom stereocenters. The smallest absolute Gasteiger partial charge is 0.345 e. The zero-order chi connectivity index (χ0) is 19.6. The van der Waals surface area contributed by atoms with Crippen molar-refractivity contribution in [3.8, 4) is 17.0 Å². The summed E-state index contributed by atoms with van der Waals surface area (Å²) in [4.78, 5) is 25.1. The zero-order valence-electron chi connectivity index (χ0n) is 15.5. The van der Waals surface area contributed by atoms with E-state index in [0.717, 1.165) is 30.4 Å². The zero-order valence-corrected chi connectivity index (χ0v) is 15.5. The quantitative estimate of drug-likeness (QED) is 0.724. The van der Waals surface area contributed by atoms with Crippen LogP contribution in [0.4, 0.5) is 0 Å². The fourth-order valence-electron chi connectivity index (χ4n) is 4.98. The molecule has 5 rings (SSSR count). The minimum absolute atomic E-state index is 0.164. The van der Waals surface area contributed by atoms with E-state index in [4.69, 9.17) is 5.73 Å². The van der Waals surface area contributed by atoms with E-state index in [2.05, 4.69) is 0 Å². The van der Waals surface area contributed by atoms with Gasteiger partial charge in [-0.25, -0.2) is 9.47 Å². The second kappa shape index (κ2) is 6.10. The molecule has 1 aromatic carbocycles. The Hall–Kier alpha value is -2.80. The Labute approximate surface area is 162 Å². The maximum atomic E-state index is 13.3. The third-order valence-electron chi connectivity index (χ3n) is 6.56. The van der Waals surface area contributed by atoms with Gasteiger partial charge in [-0.2, -0.15) is 0 Å². The molecular weight excluding hydrogens is 358 g/mol. The molecule has 1 saturated carbocycles. The number of aryl methyl sites for hydroxylation is 1. The molecule has 2 aromatic rings. The summed E-state index contributed by atoms with van der Waals surface area (Å²) in [6, 6.07) is 8.05. The summed E-state index contributed by atoms with van der Waals surface area (Å²) in [5, 5.41) is 22.3. The average Bonchev–Trinajstić information content (AvgIpc) is 3.05. The molecule has 3 atom stereocenters. The van der Waals surface area contributed by atoms with E-state index < -0.39 is 17.1 Å². The van der Waals surface area contributed by atoms with Crippen LogP contribution in [0.2, 0.25) is 0 Å². The van der Waals surface area contributed by atoms with Crippen molar-refractivity contribution in [3.63, 3.8) is 0 Å². The molecule has 4 N–H and O–H groups in total. The summed E-state index contributed by atoms with van der Waals surface area (Å²) < 4.78 is 1.52. The Balaban J connectivity index is 1.81. The van der Waals surface area contributed by atoms with E-state index in [1.165, 1.54) is 4.68 Å². The van der Waals surface area contributed by atoms with Gasteiger partial charge in [0.25, 0.3) is 5.56 Å². The van der Waals surface area contributed by atoms with Crippen LogP contribution in [0.1, 0.15) is 34.3 Å². The van der Waals surface area contributed by atoms with Crippen LogP contribution < -0.4 is 16.3 Å². The van der Waals surface area contributed by atoms with Crippen LogP contribution in [0.5, 0.6) is 5.75 Å². The topological polar surface area (TPSA) is 109 Å². The van der Waals surface area contributed by atoms with Crippen LogP contribution >= 0.6 is 0 Å². The third kappa shape index (κ3) is 2.39. The standard InChI is InChI=1S/C21H23N3O4/c22-17-14-9-23(10-15(14)17)24-18-12-7-3-1-5-11(12)6-2-4-8-13(18)19(25)16(20(24)26)21(27)28/h1,3,5,7,14-15,17,25H,2,4,6,8-10,22H2,(H,27,28)/t14-,15+,17?. The molecular formula is C21H23N3O4. The van der Waals surface area contributed by atoms with Gasteiger partial charge in [0.1, 0.15) is 5.75 Å². The van der Waals surface area contributed by atoms with E-state index in [0.29, 0.717) is 42.6 Å². The van der Waals surface area contributed by atoms with Crippen LogP contribution in [0.3, 0.4) is 0 Å². The molecule has 7 heteroatoms. The first-order chi connectivity index (χ1) is 13.5. The number of hydrogen-bond acceptors (Lipinski definition) is 5. The van der Waals surface area contributed by atoms with Crippen molar-refractivity contribution in [1.82, 2.24) is 4.68 Å². The minimum Gasteiger partial charge on any atom is -0.506 e. The number of rotatable bonds is 2. The Morgan fingerprint density at radius 3 is 2.50 bits per heavy atom. The van der Waals surface area contributed by atoms with Crippen LogP contribution in [0.15, 0.2) is 29.1 Å². The molecule has 1 aliphatic heterocycles. The number of aromatic carboxylic acids is 1. The van der Waals surface area contributed by atoms with E-state index in [9.17, 15) is 19.8 Å². The van der Waals surface area contributed by atoms with Gasteiger partial charge in [0.2, 0.25) is 0 Å². The number of nitrogens with two attached hydrogens (primary N) is 1. The number of benzene rings is 1. The van der Waals surface area contributed by atoms with Crippen molar-refractivity contribution >= 4 is 5.97 Å². The Morgan fingerprint density at radius 2 is 1.79 bits per heavy atom. The molecule has 0 amide bonds. The maximum absolute atomic E-state index is 13.3. The number of hydrogen-bond donors (Lipinski definition) is 3. The van der Waals surface area contributed by atoms with Crippen molar-refractivity contribution in [3.05, 3.63) is 51.3 Å². The molecule has 146 valence electrons. The molecule has 0 spiro atoms. The number of nitrogens with zero attached hydrogens (tertiary/aromatic N) is 2. The lowest BCUT2D eigenvalue weighted by atomic mass is 9.89. The van der Waals surface area contributed by atoms with Crippen molar-refractivity contribution in [2.75, 3.05) is 18.1 Å². The van der Waals surface area contributed by atoms with E-state index in [-0.39, 0.29) is 11.8 Å². The SMILES string of the molecule is NC1[C@H]2CN(n3c4c(c(O)c(C(=O)O)c3=O)CCCCc3ccccc3-4)C[C@@H]12. The molecule has 1 saturated heterocycles. The number of aromatic hydroxyl groups is 1. The summed E-state index contributed by atoms with van der Waals surface area (Å²) in [5.41, 5.74) is 8.04. The molecule has 2 aliphatic carbocycles. The molecule has 2 heterocycles. The Morgan fingerprint density at radius 1 is 1.11 bits per heavy atom. The van der Waals surface area contributed by atoms with Gasteiger partial charge in [-0.1, -0.05) is 24.3 Å². The van der Waals surface area contributed by atoms with Crippen molar-refractivity contribution in [1.29, 1.82) is 0 Å². The second-order valence-corrected chi connectivity index (χ2v) is 8.11. The number of carbonyl (C=O) groups is 1. The molecule has 0 bridgehead atoms. The predicted molar refractivity (Wildman–Crippen MR) is 104 cm³/mol. The van der Waals surface area contributed by atoms with Gasteiger partial charge in [0, 0.05) is 30.3 Å². The first-order valence-electron chi connectivity index (χ1n) is 9.82. The number of aromatic nitrogens is 1. The van der Waals surface area contributed by atoms with Gasteiger partial charge in [-0.05, 0) is 43.1 Å². The first-order valence-corrected chi connectivity index (χ1v) is 9.82. The number of pyridine rings is 1. The highest BCUT2D eigenvalue weighted by Crippen LogP contribution is 2.44. The highest BCUT2D eigenvalue weighted by atomic mass is 16.4. The summed E-state index contributed by atoms with van der Waals surface area (Å²) >= 11 is 0. The number of carboxylic acids is 1. The van der Waals surface area contributed by atoms with Gasteiger partial charge in [0.15, 0.2) is 5.56 Å². The van der Waals surface area contributed by atoms with Crippen molar-refractivity contribution in [2.45, 2.75) is 31.7 Å². The summed E-state index contributed by atoms with van der Waals surface area (Å²) in [7, 11) is 0. The predicted octanol–water partition coefficient (Wildman–Crippen LogP) is 1.32. The Kier molecular flexibility index (Phi) is 3.77. The minimum atomic E-state index is -1.39. The summed E-state index contributed by atoms with van der Waals surface area (Å²) in [6.07, 6.45) is 3.19. The van der Waals surface area contributed by atoms with Gasteiger partial charge in [0.05, 0.1) is 5.69 Å². The van der Waals surface area contributed by atoms with Crippen LogP contribution in [-0.4, -0.2) is 40.0 Å². The van der Waals surface area contributed by atoms with Crippen molar-refractivity contribution < 1.29 is 15.0 Å². The van der Waals surface area contributed by atoms with Crippen LogP contribution in [0, 0.1) is 11.8 Å². The third-order valence-corrected chi connectivity index (χ3v) is 6.56. The largest absolute Gasteiger partial charge is 0.506 e.